The molecule has 3 rings (SSSR count). The van der Waals surface area contributed by atoms with Crippen LogP contribution in [0, 0.1) is 25.5 Å². The van der Waals surface area contributed by atoms with Crippen LogP contribution in [-0.4, -0.2) is 34.4 Å². The SMILES string of the molecule is Cc1nn(-c2ccc(F)cc2F)c(C)c1C(=O)N[C@H](C)[C@@H]1CCCO1. The molecule has 1 N–H and O–H groups in total. The molecule has 1 aromatic heterocycles. The number of ether oxygens (including phenoxy) is 1. The first kappa shape index (κ1) is 17.5. The van der Waals surface area contributed by atoms with Crippen LogP contribution in [0.15, 0.2) is 18.2 Å². The first-order valence-electron chi connectivity index (χ1n) is 8.32. The molecule has 5 nitrogen and oxygen atoms in total. The van der Waals surface area contributed by atoms with Crippen molar-refractivity contribution in [3.8, 4) is 5.69 Å². The Balaban J connectivity index is 1.87. The van der Waals surface area contributed by atoms with Crippen LogP contribution >= 0.6 is 0 Å². The number of benzene rings is 1. The van der Waals surface area contributed by atoms with Gasteiger partial charge < -0.3 is 10.1 Å². The van der Waals surface area contributed by atoms with Crippen molar-refractivity contribution in [3.05, 3.63) is 46.8 Å². The monoisotopic (exact) mass is 349 g/mol. The number of aromatic nitrogens is 2. The lowest BCUT2D eigenvalue weighted by atomic mass is 10.1. The van der Waals surface area contributed by atoms with Gasteiger partial charge in [0.2, 0.25) is 0 Å². The van der Waals surface area contributed by atoms with Crippen LogP contribution in [0.2, 0.25) is 0 Å². The van der Waals surface area contributed by atoms with Crippen LogP contribution in [0.25, 0.3) is 5.69 Å². The van der Waals surface area contributed by atoms with Crippen LogP contribution in [0.3, 0.4) is 0 Å². The summed E-state index contributed by atoms with van der Waals surface area (Å²) in [7, 11) is 0. The van der Waals surface area contributed by atoms with E-state index in [0.29, 0.717) is 23.6 Å². The Morgan fingerprint density at radius 2 is 2.16 bits per heavy atom. The molecule has 1 amide bonds. The number of nitrogens with one attached hydrogen (secondary N) is 1. The fraction of sp³-hybridized carbons (Fsp3) is 0.444. The third kappa shape index (κ3) is 3.42. The van der Waals surface area contributed by atoms with Gasteiger partial charge in [-0.05, 0) is 45.7 Å². The highest BCUT2D eigenvalue weighted by Crippen LogP contribution is 2.22. The number of hydrogen-bond donors (Lipinski definition) is 1. The van der Waals surface area contributed by atoms with Crippen LogP contribution in [0.5, 0.6) is 0 Å². The van der Waals surface area contributed by atoms with Crippen molar-refractivity contribution >= 4 is 5.91 Å². The van der Waals surface area contributed by atoms with Gasteiger partial charge in [0.1, 0.15) is 11.5 Å². The Labute approximate surface area is 145 Å². The van der Waals surface area contributed by atoms with E-state index in [-0.39, 0.29) is 23.7 Å². The lowest BCUT2D eigenvalue weighted by Gasteiger charge is -2.20. The summed E-state index contributed by atoms with van der Waals surface area (Å²) in [5.41, 5.74) is 1.49. The number of carbonyl (C=O) groups is 1. The number of carbonyl (C=O) groups excluding carboxylic acids is 1. The summed E-state index contributed by atoms with van der Waals surface area (Å²) < 4.78 is 34.1. The minimum atomic E-state index is -0.731. The van der Waals surface area contributed by atoms with E-state index < -0.39 is 11.6 Å². The van der Waals surface area contributed by atoms with Gasteiger partial charge in [-0.3, -0.25) is 4.79 Å². The summed E-state index contributed by atoms with van der Waals surface area (Å²) in [5.74, 6) is -1.66. The van der Waals surface area contributed by atoms with Crippen molar-refractivity contribution in [2.24, 2.45) is 0 Å². The fourth-order valence-electron chi connectivity index (χ4n) is 3.23. The zero-order valence-electron chi connectivity index (χ0n) is 14.5. The van der Waals surface area contributed by atoms with Crippen molar-refractivity contribution in [1.29, 1.82) is 0 Å². The highest BCUT2D eigenvalue weighted by atomic mass is 19.1. The minimum absolute atomic E-state index is 0.00847. The largest absolute Gasteiger partial charge is 0.376 e. The molecule has 1 aromatic carbocycles. The number of hydrogen-bond acceptors (Lipinski definition) is 3. The number of nitrogens with zero attached hydrogens (tertiary/aromatic N) is 2. The molecule has 2 heterocycles. The average Bonchev–Trinajstić information content (AvgIpc) is 3.16. The molecule has 25 heavy (non-hydrogen) atoms. The van der Waals surface area contributed by atoms with E-state index in [1.807, 2.05) is 6.92 Å². The molecule has 134 valence electrons. The van der Waals surface area contributed by atoms with Gasteiger partial charge in [0.15, 0.2) is 5.82 Å². The average molecular weight is 349 g/mol. The van der Waals surface area contributed by atoms with Gasteiger partial charge in [-0.1, -0.05) is 0 Å². The fourth-order valence-corrected chi connectivity index (χ4v) is 3.23. The molecule has 2 atom stereocenters. The Hall–Kier alpha value is -2.28. The smallest absolute Gasteiger partial charge is 0.255 e. The molecule has 1 aliphatic rings. The molecule has 7 heteroatoms. The van der Waals surface area contributed by atoms with E-state index in [9.17, 15) is 13.6 Å². The molecule has 0 unspecified atom stereocenters. The first-order chi connectivity index (χ1) is 11.9. The van der Waals surface area contributed by atoms with E-state index >= 15 is 0 Å². The van der Waals surface area contributed by atoms with E-state index in [2.05, 4.69) is 10.4 Å². The topological polar surface area (TPSA) is 56.2 Å². The van der Waals surface area contributed by atoms with Crippen molar-refractivity contribution < 1.29 is 18.3 Å². The predicted molar refractivity (Wildman–Crippen MR) is 88.9 cm³/mol. The highest BCUT2D eigenvalue weighted by molar-refractivity contribution is 5.96. The van der Waals surface area contributed by atoms with E-state index in [4.69, 9.17) is 4.74 Å². The van der Waals surface area contributed by atoms with Crippen molar-refractivity contribution in [3.63, 3.8) is 0 Å². The third-order valence-corrected chi connectivity index (χ3v) is 4.54. The Morgan fingerprint density at radius 3 is 2.80 bits per heavy atom. The van der Waals surface area contributed by atoms with E-state index in [1.165, 1.54) is 10.7 Å². The van der Waals surface area contributed by atoms with Gasteiger partial charge in [-0.25, -0.2) is 13.5 Å². The summed E-state index contributed by atoms with van der Waals surface area (Å²) in [6.45, 7) is 6.00. The Kier molecular flexibility index (Phi) is 4.85. The lowest BCUT2D eigenvalue weighted by Crippen LogP contribution is -2.41. The number of amides is 1. The lowest BCUT2D eigenvalue weighted by molar-refractivity contribution is 0.0711. The number of rotatable bonds is 4. The Morgan fingerprint density at radius 1 is 1.40 bits per heavy atom. The minimum Gasteiger partial charge on any atom is -0.376 e. The molecule has 2 aromatic rings. The van der Waals surface area contributed by atoms with E-state index in [1.54, 1.807) is 13.8 Å². The maximum absolute atomic E-state index is 14.1. The number of halogens is 2. The second-order valence-electron chi connectivity index (χ2n) is 6.37. The van der Waals surface area contributed by atoms with Gasteiger partial charge in [0.25, 0.3) is 5.91 Å². The number of aryl methyl sites for hydroxylation is 1. The normalized spacial score (nSPS) is 18.4. The zero-order chi connectivity index (χ0) is 18.1. The summed E-state index contributed by atoms with van der Waals surface area (Å²) >= 11 is 0. The second-order valence-corrected chi connectivity index (χ2v) is 6.37. The molecular weight excluding hydrogens is 328 g/mol. The summed E-state index contributed by atoms with van der Waals surface area (Å²) in [6.07, 6.45) is 1.92. The molecular formula is C18H21F2N3O2. The van der Waals surface area contributed by atoms with Gasteiger partial charge in [0.05, 0.1) is 29.1 Å². The zero-order valence-corrected chi connectivity index (χ0v) is 14.5. The molecule has 0 spiro atoms. The van der Waals surface area contributed by atoms with Crippen molar-refractivity contribution in [2.45, 2.75) is 45.8 Å². The maximum Gasteiger partial charge on any atom is 0.255 e. The highest BCUT2D eigenvalue weighted by Gasteiger charge is 2.27. The molecule has 0 bridgehead atoms. The molecule has 1 saturated heterocycles. The second kappa shape index (κ2) is 6.92. The van der Waals surface area contributed by atoms with Gasteiger partial charge in [-0.15, -0.1) is 0 Å². The summed E-state index contributed by atoms with van der Waals surface area (Å²) in [6, 6.07) is 3.14. The molecule has 1 aliphatic heterocycles. The third-order valence-electron chi connectivity index (χ3n) is 4.54. The van der Waals surface area contributed by atoms with Gasteiger partial charge in [-0.2, -0.15) is 5.10 Å². The Bertz CT molecular complexity index is 798. The van der Waals surface area contributed by atoms with Crippen LogP contribution in [0.4, 0.5) is 8.78 Å². The predicted octanol–water partition coefficient (Wildman–Crippen LogP) is 3.06. The first-order valence-corrected chi connectivity index (χ1v) is 8.32. The van der Waals surface area contributed by atoms with Gasteiger partial charge >= 0.3 is 0 Å². The van der Waals surface area contributed by atoms with Crippen molar-refractivity contribution in [1.82, 2.24) is 15.1 Å². The van der Waals surface area contributed by atoms with Crippen LogP contribution < -0.4 is 5.32 Å². The molecule has 0 aliphatic carbocycles. The van der Waals surface area contributed by atoms with Gasteiger partial charge in [0, 0.05) is 12.7 Å². The van der Waals surface area contributed by atoms with Crippen molar-refractivity contribution in [2.75, 3.05) is 6.61 Å². The van der Waals surface area contributed by atoms with E-state index in [0.717, 1.165) is 25.0 Å². The molecule has 0 radical (unpaired) electrons. The molecule has 1 fully saturated rings. The maximum atomic E-state index is 14.1. The summed E-state index contributed by atoms with van der Waals surface area (Å²) in [4.78, 5) is 12.7. The van der Waals surface area contributed by atoms with Crippen LogP contribution in [0.1, 0.15) is 41.5 Å². The molecule has 0 saturated carbocycles. The summed E-state index contributed by atoms with van der Waals surface area (Å²) in [5, 5.41) is 7.20. The van der Waals surface area contributed by atoms with Crippen LogP contribution in [-0.2, 0) is 4.74 Å². The quantitative estimate of drug-likeness (QED) is 0.923. The standard InChI is InChI=1S/C18H21F2N3O2/c1-10(16-5-4-8-25-16)21-18(24)17-11(2)22-23(12(17)3)15-7-6-13(19)9-14(15)20/h6-7,9-10,16H,4-5,8H2,1-3H3,(H,21,24)/t10-,16+/m1/s1.